The summed E-state index contributed by atoms with van der Waals surface area (Å²) < 4.78 is 2.10. The molecule has 6 heteroatoms. The second-order valence-electron chi connectivity index (χ2n) is 7.44. The fourth-order valence-electron chi connectivity index (χ4n) is 3.97. The van der Waals surface area contributed by atoms with Crippen molar-refractivity contribution in [3.8, 4) is 11.4 Å². The Labute approximate surface area is 176 Å². The molecule has 154 valence electrons. The molecule has 0 bridgehead atoms. The number of aryl methyl sites for hydroxylation is 1. The zero-order chi connectivity index (χ0) is 20.9. The van der Waals surface area contributed by atoms with Crippen molar-refractivity contribution in [2.24, 2.45) is 0 Å². The Kier molecular flexibility index (Phi) is 5.93. The van der Waals surface area contributed by atoms with E-state index in [9.17, 15) is 9.59 Å². The Balaban J connectivity index is 1.54. The van der Waals surface area contributed by atoms with Crippen molar-refractivity contribution in [1.29, 1.82) is 0 Å². The molecule has 1 aliphatic rings. The maximum Gasteiger partial charge on any atom is 0.271 e. The standard InChI is InChI=1S/C24H26N4O2/c1-25-24(30)22-20-14-15-27(21(29)13-12-18-8-4-2-5-9-18)16-17-28(20)23(26-22)19-10-6-3-7-11-19/h2-11H,12-17H2,1H3,(H,25,30). The Morgan fingerprint density at radius 3 is 2.37 bits per heavy atom. The van der Waals surface area contributed by atoms with Gasteiger partial charge in [-0.3, -0.25) is 9.59 Å². The predicted octanol–water partition coefficient (Wildman–Crippen LogP) is 2.93. The highest BCUT2D eigenvalue weighted by Gasteiger charge is 2.26. The maximum absolute atomic E-state index is 12.8. The van der Waals surface area contributed by atoms with E-state index < -0.39 is 0 Å². The molecule has 0 saturated carbocycles. The largest absolute Gasteiger partial charge is 0.354 e. The second-order valence-corrected chi connectivity index (χ2v) is 7.44. The SMILES string of the molecule is CNC(=O)c1nc(-c2ccccc2)n2c1CCN(C(=O)CCc1ccccc1)CC2. The molecule has 1 aromatic heterocycles. The molecule has 6 nitrogen and oxygen atoms in total. The van der Waals surface area contributed by atoms with E-state index in [-0.39, 0.29) is 11.8 Å². The highest BCUT2D eigenvalue weighted by molar-refractivity contribution is 5.94. The number of benzene rings is 2. The zero-order valence-corrected chi connectivity index (χ0v) is 17.2. The van der Waals surface area contributed by atoms with Gasteiger partial charge in [0.2, 0.25) is 5.91 Å². The maximum atomic E-state index is 12.8. The van der Waals surface area contributed by atoms with Crippen LogP contribution in [-0.4, -0.2) is 46.4 Å². The lowest BCUT2D eigenvalue weighted by atomic mass is 10.1. The van der Waals surface area contributed by atoms with E-state index >= 15 is 0 Å². The van der Waals surface area contributed by atoms with Gasteiger partial charge in [0.15, 0.2) is 0 Å². The van der Waals surface area contributed by atoms with E-state index in [4.69, 9.17) is 0 Å². The first-order valence-corrected chi connectivity index (χ1v) is 10.4. The van der Waals surface area contributed by atoms with Crippen LogP contribution >= 0.6 is 0 Å². The number of imidazole rings is 1. The lowest BCUT2D eigenvalue weighted by Crippen LogP contribution is -2.34. The topological polar surface area (TPSA) is 67.2 Å². The monoisotopic (exact) mass is 402 g/mol. The van der Waals surface area contributed by atoms with Crippen molar-refractivity contribution in [3.05, 3.63) is 77.6 Å². The van der Waals surface area contributed by atoms with Gasteiger partial charge < -0.3 is 14.8 Å². The third kappa shape index (κ3) is 4.13. The van der Waals surface area contributed by atoms with Gasteiger partial charge >= 0.3 is 0 Å². The number of amides is 2. The summed E-state index contributed by atoms with van der Waals surface area (Å²) in [7, 11) is 1.62. The minimum Gasteiger partial charge on any atom is -0.354 e. The van der Waals surface area contributed by atoms with Gasteiger partial charge in [-0.05, 0) is 12.0 Å². The third-order valence-electron chi connectivity index (χ3n) is 5.58. The van der Waals surface area contributed by atoms with Crippen LogP contribution in [0.2, 0.25) is 0 Å². The number of hydrogen-bond donors (Lipinski definition) is 1. The van der Waals surface area contributed by atoms with Gasteiger partial charge in [-0.25, -0.2) is 4.98 Å². The summed E-state index contributed by atoms with van der Waals surface area (Å²) in [5, 5.41) is 2.69. The van der Waals surface area contributed by atoms with E-state index in [1.807, 2.05) is 53.4 Å². The molecule has 0 radical (unpaired) electrons. The number of nitrogens with one attached hydrogen (secondary N) is 1. The zero-order valence-electron chi connectivity index (χ0n) is 17.2. The molecular formula is C24H26N4O2. The van der Waals surface area contributed by atoms with Gasteiger partial charge in [-0.2, -0.15) is 0 Å². The smallest absolute Gasteiger partial charge is 0.271 e. The molecule has 2 amide bonds. The van der Waals surface area contributed by atoms with Gasteiger partial charge in [-0.1, -0.05) is 60.7 Å². The molecule has 0 aliphatic carbocycles. The van der Waals surface area contributed by atoms with Crippen molar-refractivity contribution >= 4 is 11.8 Å². The van der Waals surface area contributed by atoms with Crippen molar-refractivity contribution in [2.45, 2.75) is 25.8 Å². The number of carbonyl (C=O) groups excluding carboxylic acids is 2. The quantitative estimate of drug-likeness (QED) is 0.714. The average Bonchev–Trinajstić information content (AvgIpc) is 3.02. The molecular weight excluding hydrogens is 376 g/mol. The minimum absolute atomic E-state index is 0.153. The Bertz CT molecular complexity index is 1030. The van der Waals surface area contributed by atoms with Crippen LogP contribution in [0, 0.1) is 0 Å². The first-order chi connectivity index (χ1) is 14.7. The van der Waals surface area contributed by atoms with Crippen LogP contribution in [0.3, 0.4) is 0 Å². The Morgan fingerprint density at radius 1 is 0.967 bits per heavy atom. The molecule has 3 aromatic rings. The van der Waals surface area contributed by atoms with Crippen LogP contribution in [0.25, 0.3) is 11.4 Å². The van der Waals surface area contributed by atoms with Crippen molar-refractivity contribution in [2.75, 3.05) is 20.1 Å². The summed E-state index contributed by atoms with van der Waals surface area (Å²) in [5.41, 5.74) is 3.49. The average molecular weight is 402 g/mol. The van der Waals surface area contributed by atoms with E-state index in [0.29, 0.717) is 38.2 Å². The molecule has 1 aliphatic heterocycles. The highest BCUT2D eigenvalue weighted by atomic mass is 16.2. The van der Waals surface area contributed by atoms with Crippen molar-refractivity contribution in [1.82, 2.24) is 19.8 Å². The van der Waals surface area contributed by atoms with Crippen molar-refractivity contribution < 1.29 is 9.59 Å². The normalized spacial score (nSPS) is 13.4. The molecule has 30 heavy (non-hydrogen) atoms. The molecule has 0 atom stereocenters. The van der Waals surface area contributed by atoms with Crippen LogP contribution in [0.15, 0.2) is 60.7 Å². The summed E-state index contributed by atoms with van der Waals surface area (Å²) in [5.74, 6) is 0.743. The van der Waals surface area contributed by atoms with Crippen LogP contribution in [-0.2, 0) is 24.2 Å². The van der Waals surface area contributed by atoms with Crippen LogP contribution in [0.1, 0.15) is 28.2 Å². The Morgan fingerprint density at radius 2 is 1.67 bits per heavy atom. The molecule has 0 saturated heterocycles. The summed E-state index contributed by atoms with van der Waals surface area (Å²) >= 11 is 0. The van der Waals surface area contributed by atoms with E-state index in [1.54, 1.807) is 7.05 Å². The third-order valence-corrected chi connectivity index (χ3v) is 5.58. The fraction of sp³-hybridized carbons (Fsp3) is 0.292. The fourth-order valence-corrected chi connectivity index (χ4v) is 3.97. The second kappa shape index (κ2) is 8.95. The number of hydrogen-bond acceptors (Lipinski definition) is 3. The number of fused-ring (bicyclic) bond motifs is 1. The van der Waals surface area contributed by atoms with Gasteiger partial charge in [-0.15, -0.1) is 0 Å². The summed E-state index contributed by atoms with van der Waals surface area (Å²) in [6.45, 7) is 1.84. The lowest BCUT2D eigenvalue weighted by molar-refractivity contribution is -0.131. The van der Waals surface area contributed by atoms with Gasteiger partial charge in [0.05, 0.1) is 5.69 Å². The predicted molar refractivity (Wildman–Crippen MR) is 116 cm³/mol. The molecule has 2 aromatic carbocycles. The Hall–Kier alpha value is -3.41. The van der Waals surface area contributed by atoms with Crippen LogP contribution in [0.4, 0.5) is 0 Å². The number of rotatable bonds is 5. The highest BCUT2D eigenvalue weighted by Crippen LogP contribution is 2.25. The van der Waals surface area contributed by atoms with Crippen LogP contribution in [0.5, 0.6) is 0 Å². The van der Waals surface area contributed by atoms with E-state index in [0.717, 1.165) is 23.5 Å². The lowest BCUT2D eigenvalue weighted by Gasteiger charge is -2.20. The van der Waals surface area contributed by atoms with E-state index in [1.165, 1.54) is 5.56 Å². The summed E-state index contributed by atoms with van der Waals surface area (Å²) in [4.78, 5) is 31.9. The molecule has 1 N–H and O–H groups in total. The first-order valence-electron chi connectivity index (χ1n) is 10.4. The van der Waals surface area contributed by atoms with E-state index in [2.05, 4.69) is 27.0 Å². The molecule has 4 rings (SSSR count). The van der Waals surface area contributed by atoms with Gasteiger partial charge in [0.1, 0.15) is 11.5 Å². The molecule has 0 spiro atoms. The van der Waals surface area contributed by atoms with Gasteiger partial charge in [0.25, 0.3) is 5.91 Å². The molecule has 0 unspecified atom stereocenters. The summed E-state index contributed by atoms with van der Waals surface area (Å²) in [6.07, 6.45) is 1.84. The number of carbonyl (C=O) groups is 2. The number of nitrogens with zero attached hydrogens (tertiary/aromatic N) is 3. The molecule has 0 fully saturated rings. The molecule has 2 heterocycles. The van der Waals surface area contributed by atoms with Gasteiger partial charge in [0, 0.05) is 45.1 Å². The minimum atomic E-state index is -0.190. The first kappa shape index (κ1) is 19.9. The van der Waals surface area contributed by atoms with Crippen LogP contribution < -0.4 is 5.32 Å². The number of aromatic nitrogens is 2. The summed E-state index contributed by atoms with van der Waals surface area (Å²) in [6, 6.07) is 20.0. The van der Waals surface area contributed by atoms with Crippen molar-refractivity contribution in [3.63, 3.8) is 0 Å².